The van der Waals surface area contributed by atoms with Crippen LogP contribution in [0, 0.1) is 11.8 Å². The standard InChI is InChI=1S/C34H41N3O8S/c1-22(39)37-21-29(28-5-3-4-6-31(28)37)25-19-32(34(40)35-30-18-23-7-8-24(30)17-23)45-33(20-25)44-16-14-36(13-15-38)46(41,42)27-11-9-26(43-2)10-12-27/h3-6,9-12,19,21,23-25,30,33,38H,7-8,13-18,20H2,1-2H3,(H,35,40)/t23?,24?,25-,30?,33+/m1/s1. The molecule has 6 rings (SSSR count). The highest BCUT2D eigenvalue weighted by Gasteiger charge is 2.41. The van der Waals surface area contributed by atoms with E-state index in [0.717, 1.165) is 40.0 Å². The molecule has 11 nitrogen and oxygen atoms in total. The van der Waals surface area contributed by atoms with Crippen molar-refractivity contribution >= 4 is 32.7 Å². The van der Waals surface area contributed by atoms with Crippen LogP contribution in [0.4, 0.5) is 0 Å². The Bertz CT molecular complexity index is 1720. The van der Waals surface area contributed by atoms with Gasteiger partial charge in [0, 0.05) is 50.0 Å². The van der Waals surface area contributed by atoms with E-state index < -0.39 is 16.3 Å². The number of amides is 1. The largest absolute Gasteiger partial charge is 0.497 e. The van der Waals surface area contributed by atoms with E-state index in [1.165, 1.54) is 32.6 Å². The number of hydrogen-bond acceptors (Lipinski definition) is 8. The number of methoxy groups -OCH3 is 1. The molecule has 2 N–H and O–H groups in total. The third-order valence-corrected chi connectivity index (χ3v) is 11.4. The van der Waals surface area contributed by atoms with Gasteiger partial charge in [0.15, 0.2) is 5.76 Å². The summed E-state index contributed by atoms with van der Waals surface area (Å²) in [4.78, 5) is 26.1. The van der Waals surface area contributed by atoms with Crippen molar-refractivity contribution in [3.05, 3.63) is 72.1 Å². The molecule has 2 heterocycles. The number of carbonyl (C=O) groups is 2. The highest BCUT2D eigenvalue weighted by atomic mass is 32.2. The predicted molar refractivity (Wildman–Crippen MR) is 171 cm³/mol. The number of sulfonamides is 1. The Hall–Kier alpha value is -3.71. The number of allylic oxidation sites excluding steroid dienone is 1. The number of nitrogens with one attached hydrogen (secondary N) is 1. The van der Waals surface area contributed by atoms with Crippen molar-refractivity contribution in [2.75, 3.05) is 33.4 Å². The number of ether oxygens (including phenoxy) is 3. The van der Waals surface area contributed by atoms with Gasteiger partial charge < -0.3 is 24.6 Å². The second-order valence-electron chi connectivity index (χ2n) is 12.3. The van der Waals surface area contributed by atoms with E-state index in [-0.39, 0.29) is 60.7 Å². The molecule has 3 unspecified atom stereocenters. The Morgan fingerprint density at radius 3 is 2.52 bits per heavy atom. The average Bonchev–Trinajstić information content (AvgIpc) is 3.79. The zero-order chi connectivity index (χ0) is 32.4. The average molecular weight is 652 g/mol. The lowest BCUT2D eigenvalue weighted by molar-refractivity contribution is -0.147. The minimum absolute atomic E-state index is 0.0384. The fraction of sp³-hybridized carbons (Fsp3) is 0.471. The molecule has 5 atom stereocenters. The number of carbonyl (C=O) groups excluding carboxylic acids is 2. The predicted octanol–water partition coefficient (Wildman–Crippen LogP) is 4.03. The number of benzene rings is 2. The Morgan fingerprint density at radius 1 is 1.07 bits per heavy atom. The molecule has 46 heavy (non-hydrogen) atoms. The molecule has 1 aromatic heterocycles. The van der Waals surface area contributed by atoms with Gasteiger partial charge in [0.25, 0.3) is 5.91 Å². The summed E-state index contributed by atoms with van der Waals surface area (Å²) in [5.74, 6) is 1.11. The molecule has 2 aromatic carbocycles. The van der Waals surface area contributed by atoms with Gasteiger partial charge in [0.2, 0.25) is 22.2 Å². The topological polar surface area (TPSA) is 136 Å². The molecule has 2 saturated carbocycles. The number of hydrogen-bond donors (Lipinski definition) is 2. The van der Waals surface area contributed by atoms with E-state index in [1.807, 2.05) is 30.5 Å². The molecule has 3 aliphatic rings. The lowest BCUT2D eigenvalue weighted by Gasteiger charge is -2.31. The molecule has 1 aliphatic heterocycles. The molecular formula is C34H41N3O8S. The van der Waals surface area contributed by atoms with Crippen LogP contribution in [0.5, 0.6) is 5.75 Å². The van der Waals surface area contributed by atoms with Crippen molar-refractivity contribution in [1.82, 2.24) is 14.2 Å². The highest BCUT2D eigenvalue weighted by Crippen LogP contribution is 2.45. The van der Waals surface area contributed by atoms with Crippen LogP contribution >= 0.6 is 0 Å². The van der Waals surface area contributed by atoms with Crippen LogP contribution in [-0.2, 0) is 24.3 Å². The lowest BCUT2D eigenvalue weighted by atomic mass is 9.92. The van der Waals surface area contributed by atoms with Gasteiger partial charge in [-0.3, -0.25) is 14.2 Å². The van der Waals surface area contributed by atoms with E-state index in [4.69, 9.17) is 14.2 Å². The third-order valence-electron chi connectivity index (χ3n) is 9.51. The molecule has 2 bridgehead atoms. The van der Waals surface area contributed by atoms with E-state index in [0.29, 0.717) is 24.0 Å². The number of aliphatic hydroxyl groups excluding tert-OH is 1. The van der Waals surface area contributed by atoms with Crippen molar-refractivity contribution in [3.8, 4) is 5.75 Å². The normalized spacial score (nSPS) is 24.2. The maximum atomic E-state index is 13.6. The fourth-order valence-corrected chi connectivity index (χ4v) is 8.62. The second-order valence-corrected chi connectivity index (χ2v) is 14.3. The zero-order valence-electron chi connectivity index (χ0n) is 26.1. The molecule has 2 fully saturated rings. The number of aliphatic hydroxyl groups is 1. The summed E-state index contributed by atoms with van der Waals surface area (Å²) in [5, 5.41) is 13.7. The Kier molecular flexibility index (Phi) is 9.51. The molecule has 1 amide bonds. The molecule has 12 heteroatoms. The number of para-hydroxylation sites is 1. The van der Waals surface area contributed by atoms with Gasteiger partial charge in [0.05, 0.1) is 30.7 Å². The molecular weight excluding hydrogens is 610 g/mol. The van der Waals surface area contributed by atoms with Crippen molar-refractivity contribution in [1.29, 1.82) is 0 Å². The Balaban J connectivity index is 1.21. The molecule has 246 valence electrons. The molecule has 0 radical (unpaired) electrons. The summed E-state index contributed by atoms with van der Waals surface area (Å²) in [6.45, 7) is 0.943. The summed E-state index contributed by atoms with van der Waals surface area (Å²) in [6, 6.07) is 13.8. The first-order chi connectivity index (χ1) is 22.2. The van der Waals surface area contributed by atoms with Gasteiger partial charge in [0.1, 0.15) is 5.75 Å². The van der Waals surface area contributed by atoms with E-state index in [1.54, 1.807) is 22.8 Å². The van der Waals surface area contributed by atoms with Crippen molar-refractivity contribution in [2.24, 2.45) is 11.8 Å². The minimum Gasteiger partial charge on any atom is -0.497 e. The smallest absolute Gasteiger partial charge is 0.286 e. The van der Waals surface area contributed by atoms with Crippen LogP contribution in [0.25, 0.3) is 10.9 Å². The molecule has 3 aromatic rings. The van der Waals surface area contributed by atoms with Crippen LogP contribution in [-0.4, -0.2) is 80.0 Å². The Morgan fingerprint density at radius 2 is 1.85 bits per heavy atom. The van der Waals surface area contributed by atoms with E-state index >= 15 is 0 Å². The van der Waals surface area contributed by atoms with Crippen molar-refractivity contribution in [3.63, 3.8) is 0 Å². The van der Waals surface area contributed by atoms with E-state index in [2.05, 4.69) is 5.32 Å². The van der Waals surface area contributed by atoms with Crippen LogP contribution < -0.4 is 10.1 Å². The SMILES string of the molecule is COc1ccc(S(=O)(=O)N(CCO)CCO[C@@H]2C[C@H](c3cn(C(C)=O)c4ccccc34)C=C(C(=O)NC3CC4CCC3C4)O2)cc1. The molecule has 2 aliphatic carbocycles. The first kappa shape index (κ1) is 32.2. The summed E-state index contributed by atoms with van der Waals surface area (Å²) in [6.07, 6.45) is 7.58. The first-order valence-corrected chi connectivity index (χ1v) is 17.3. The monoisotopic (exact) mass is 651 g/mol. The van der Waals surface area contributed by atoms with Crippen molar-refractivity contribution < 1.29 is 37.3 Å². The maximum absolute atomic E-state index is 13.6. The number of rotatable bonds is 12. The summed E-state index contributed by atoms with van der Waals surface area (Å²) < 4.78 is 46.9. The number of fused-ring (bicyclic) bond motifs is 3. The van der Waals surface area contributed by atoms with Crippen LogP contribution in [0.15, 0.2) is 71.5 Å². The third kappa shape index (κ3) is 6.57. The van der Waals surface area contributed by atoms with Gasteiger partial charge in [-0.2, -0.15) is 4.31 Å². The first-order valence-electron chi connectivity index (χ1n) is 15.8. The molecule has 0 saturated heterocycles. The maximum Gasteiger partial charge on any atom is 0.286 e. The second kappa shape index (κ2) is 13.6. The van der Waals surface area contributed by atoms with Gasteiger partial charge >= 0.3 is 0 Å². The van der Waals surface area contributed by atoms with Gasteiger partial charge in [-0.1, -0.05) is 24.6 Å². The van der Waals surface area contributed by atoms with Crippen LogP contribution in [0.2, 0.25) is 0 Å². The van der Waals surface area contributed by atoms with Gasteiger partial charge in [-0.05, 0) is 73.1 Å². The van der Waals surface area contributed by atoms with Gasteiger partial charge in [-0.15, -0.1) is 0 Å². The van der Waals surface area contributed by atoms with Crippen LogP contribution in [0.3, 0.4) is 0 Å². The minimum atomic E-state index is -3.93. The quantitative estimate of drug-likeness (QED) is 0.300. The number of aromatic nitrogens is 1. The fourth-order valence-electron chi connectivity index (χ4n) is 7.20. The molecule has 0 spiro atoms. The highest BCUT2D eigenvalue weighted by molar-refractivity contribution is 7.89. The summed E-state index contributed by atoms with van der Waals surface area (Å²) in [5.41, 5.74) is 1.65. The summed E-state index contributed by atoms with van der Waals surface area (Å²) in [7, 11) is -2.43. The van der Waals surface area contributed by atoms with Crippen LogP contribution in [0.1, 0.15) is 55.3 Å². The Labute approximate surface area is 269 Å². The van der Waals surface area contributed by atoms with Gasteiger partial charge in [-0.25, -0.2) is 8.42 Å². The van der Waals surface area contributed by atoms with E-state index in [9.17, 15) is 23.1 Å². The number of nitrogens with zero attached hydrogens (tertiary/aromatic N) is 2. The lowest BCUT2D eigenvalue weighted by Crippen LogP contribution is -2.41. The van der Waals surface area contributed by atoms with Crippen molar-refractivity contribution in [2.45, 2.75) is 62.2 Å². The summed E-state index contributed by atoms with van der Waals surface area (Å²) >= 11 is 0. The zero-order valence-corrected chi connectivity index (χ0v) is 26.9.